The summed E-state index contributed by atoms with van der Waals surface area (Å²) in [5.41, 5.74) is 1.56. The number of nitrogens with one attached hydrogen (secondary N) is 2. The highest BCUT2D eigenvalue weighted by Gasteiger charge is 2.31. The van der Waals surface area contributed by atoms with E-state index in [4.69, 9.17) is 0 Å². The van der Waals surface area contributed by atoms with Gasteiger partial charge in [0.1, 0.15) is 11.6 Å². The second kappa shape index (κ2) is 8.58. The van der Waals surface area contributed by atoms with Gasteiger partial charge in [0, 0.05) is 17.6 Å². The molecular weight excluding hydrogens is 447 g/mol. The van der Waals surface area contributed by atoms with E-state index in [2.05, 4.69) is 24.9 Å². The van der Waals surface area contributed by atoms with Gasteiger partial charge in [-0.15, -0.1) is 18.3 Å². The van der Waals surface area contributed by atoms with Crippen molar-refractivity contribution in [3.8, 4) is 17.0 Å². The second-order valence-electron chi connectivity index (χ2n) is 7.79. The summed E-state index contributed by atoms with van der Waals surface area (Å²) < 4.78 is 68.7. The fourth-order valence-electron chi connectivity index (χ4n) is 3.87. The third-order valence-electron chi connectivity index (χ3n) is 5.19. The molecule has 12 heteroatoms. The highest BCUT2D eigenvalue weighted by molar-refractivity contribution is 7.88. The van der Waals surface area contributed by atoms with E-state index in [1.54, 1.807) is 28.9 Å². The first kappa shape index (κ1) is 22.3. The van der Waals surface area contributed by atoms with E-state index in [0.717, 1.165) is 31.9 Å². The van der Waals surface area contributed by atoms with Gasteiger partial charge in [-0.1, -0.05) is 12.1 Å². The SMILES string of the molecule is CS(=O)(=O)NC1CCC(Nc2ccc3ncc(-c4cccc(OC(F)(F)F)c4)n3n2)CC1. The molecule has 1 fully saturated rings. The van der Waals surface area contributed by atoms with Crippen LogP contribution >= 0.6 is 0 Å². The minimum Gasteiger partial charge on any atom is -0.406 e. The first-order chi connectivity index (χ1) is 15.1. The Hall–Kier alpha value is -2.86. The normalized spacial score (nSPS) is 19.8. The number of sulfonamides is 1. The van der Waals surface area contributed by atoms with E-state index in [0.29, 0.717) is 22.7 Å². The van der Waals surface area contributed by atoms with Gasteiger partial charge >= 0.3 is 6.36 Å². The lowest BCUT2D eigenvalue weighted by molar-refractivity contribution is -0.274. The van der Waals surface area contributed by atoms with Crippen molar-refractivity contribution in [3.05, 3.63) is 42.6 Å². The van der Waals surface area contributed by atoms with Gasteiger partial charge in [0.25, 0.3) is 0 Å². The molecule has 3 aromatic rings. The van der Waals surface area contributed by atoms with Crippen molar-refractivity contribution in [1.29, 1.82) is 0 Å². The maximum Gasteiger partial charge on any atom is 0.573 e. The molecule has 1 aliphatic rings. The highest BCUT2D eigenvalue weighted by Crippen LogP contribution is 2.29. The van der Waals surface area contributed by atoms with E-state index in [1.807, 2.05) is 0 Å². The molecule has 172 valence electrons. The van der Waals surface area contributed by atoms with Crippen LogP contribution in [0.5, 0.6) is 5.75 Å². The van der Waals surface area contributed by atoms with Crippen LogP contribution in [0.1, 0.15) is 25.7 Å². The molecular formula is C20H22F3N5O3S. The molecule has 2 aromatic heterocycles. The van der Waals surface area contributed by atoms with E-state index in [-0.39, 0.29) is 17.8 Å². The van der Waals surface area contributed by atoms with E-state index >= 15 is 0 Å². The molecule has 0 spiro atoms. The van der Waals surface area contributed by atoms with Crippen LogP contribution in [0, 0.1) is 0 Å². The molecule has 0 saturated heterocycles. The standard InChI is InChI=1S/C20H22F3N5O3S/c1-32(29,30)27-15-7-5-14(6-8-15)25-18-9-10-19-24-12-17(28(19)26-18)13-3-2-4-16(11-13)31-20(21,22)23/h2-4,9-12,14-15,27H,5-8H2,1H3,(H,25,26). The number of rotatable bonds is 6. The maximum absolute atomic E-state index is 12.6. The van der Waals surface area contributed by atoms with Crippen molar-refractivity contribution in [2.24, 2.45) is 0 Å². The highest BCUT2D eigenvalue weighted by atomic mass is 32.2. The van der Waals surface area contributed by atoms with Gasteiger partial charge in [0.2, 0.25) is 10.0 Å². The van der Waals surface area contributed by atoms with Gasteiger partial charge in [-0.25, -0.2) is 22.6 Å². The molecule has 0 unspecified atom stereocenters. The predicted octanol–water partition coefficient (Wildman–Crippen LogP) is 3.57. The molecule has 0 radical (unpaired) electrons. The van der Waals surface area contributed by atoms with Gasteiger partial charge in [-0.2, -0.15) is 0 Å². The second-order valence-corrected chi connectivity index (χ2v) is 9.57. The van der Waals surface area contributed by atoms with Crippen LogP contribution < -0.4 is 14.8 Å². The minimum absolute atomic E-state index is 0.0649. The van der Waals surface area contributed by atoms with Crippen LogP contribution in [0.3, 0.4) is 0 Å². The number of hydrogen-bond acceptors (Lipinski definition) is 6. The molecule has 0 aliphatic heterocycles. The third-order valence-corrected chi connectivity index (χ3v) is 5.95. The molecule has 8 nitrogen and oxygen atoms in total. The molecule has 32 heavy (non-hydrogen) atoms. The Morgan fingerprint density at radius 1 is 1.09 bits per heavy atom. The third kappa shape index (κ3) is 5.68. The number of nitrogens with zero attached hydrogens (tertiary/aromatic N) is 3. The Labute approximate surface area is 182 Å². The average molecular weight is 469 g/mol. The molecule has 0 amide bonds. The van der Waals surface area contributed by atoms with Gasteiger partial charge in [-0.3, -0.25) is 0 Å². The van der Waals surface area contributed by atoms with Crippen LogP contribution in [0.15, 0.2) is 42.6 Å². The van der Waals surface area contributed by atoms with Crippen LogP contribution in [-0.4, -0.2) is 47.7 Å². The van der Waals surface area contributed by atoms with E-state index in [9.17, 15) is 21.6 Å². The fourth-order valence-corrected chi connectivity index (χ4v) is 4.71. The number of fused-ring (bicyclic) bond motifs is 1. The summed E-state index contributed by atoms with van der Waals surface area (Å²) in [5.74, 6) is 0.276. The average Bonchev–Trinajstić information content (AvgIpc) is 3.10. The zero-order chi connectivity index (χ0) is 22.9. The van der Waals surface area contributed by atoms with E-state index in [1.165, 1.54) is 18.2 Å². The number of imidazole rings is 1. The topological polar surface area (TPSA) is 97.6 Å². The number of benzene rings is 1. The number of alkyl halides is 3. The van der Waals surface area contributed by atoms with Crippen molar-refractivity contribution >= 4 is 21.5 Å². The zero-order valence-electron chi connectivity index (χ0n) is 17.1. The molecule has 0 atom stereocenters. The first-order valence-electron chi connectivity index (χ1n) is 10.0. The Morgan fingerprint density at radius 3 is 2.50 bits per heavy atom. The molecule has 1 aromatic carbocycles. The van der Waals surface area contributed by atoms with Crippen molar-refractivity contribution in [2.75, 3.05) is 11.6 Å². The van der Waals surface area contributed by atoms with E-state index < -0.39 is 16.4 Å². The number of ether oxygens (including phenoxy) is 1. The van der Waals surface area contributed by atoms with Crippen molar-refractivity contribution < 1.29 is 26.3 Å². The summed E-state index contributed by atoms with van der Waals surface area (Å²) in [6, 6.07) is 9.27. The largest absolute Gasteiger partial charge is 0.573 e. The minimum atomic E-state index is -4.77. The van der Waals surface area contributed by atoms with Crippen LogP contribution in [0.25, 0.3) is 16.9 Å². The summed E-state index contributed by atoms with van der Waals surface area (Å²) in [7, 11) is -3.23. The van der Waals surface area contributed by atoms with Gasteiger partial charge in [-0.05, 0) is 49.9 Å². The number of anilines is 1. The molecule has 1 saturated carbocycles. The molecule has 2 heterocycles. The maximum atomic E-state index is 12.6. The lowest BCUT2D eigenvalue weighted by Gasteiger charge is -2.29. The Morgan fingerprint density at radius 2 is 1.81 bits per heavy atom. The summed E-state index contributed by atoms with van der Waals surface area (Å²) >= 11 is 0. The monoisotopic (exact) mass is 469 g/mol. The van der Waals surface area contributed by atoms with Crippen molar-refractivity contribution in [3.63, 3.8) is 0 Å². The fraction of sp³-hybridized carbons (Fsp3) is 0.400. The van der Waals surface area contributed by atoms with Crippen LogP contribution in [0.2, 0.25) is 0 Å². The summed E-state index contributed by atoms with van der Waals surface area (Å²) in [4.78, 5) is 4.28. The van der Waals surface area contributed by atoms with Crippen LogP contribution in [0.4, 0.5) is 19.0 Å². The Balaban J connectivity index is 1.50. The summed E-state index contributed by atoms with van der Waals surface area (Å²) in [6.07, 6.45) is 0.917. The Bertz CT molecular complexity index is 1200. The summed E-state index contributed by atoms with van der Waals surface area (Å²) in [6.45, 7) is 0. The van der Waals surface area contributed by atoms with Gasteiger partial charge in [0.05, 0.1) is 18.1 Å². The lowest BCUT2D eigenvalue weighted by Crippen LogP contribution is -2.39. The van der Waals surface area contributed by atoms with Crippen molar-refractivity contribution in [2.45, 2.75) is 44.1 Å². The molecule has 4 rings (SSSR count). The number of aromatic nitrogens is 3. The van der Waals surface area contributed by atoms with Crippen LogP contribution in [-0.2, 0) is 10.0 Å². The van der Waals surface area contributed by atoms with Gasteiger partial charge in [0.15, 0.2) is 5.65 Å². The number of hydrogen-bond donors (Lipinski definition) is 2. The number of halogens is 3. The molecule has 0 bridgehead atoms. The first-order valence-corrected chi connectivity index (χ1v) is 11.9. The quantitative estimate of drug-likeness (QED) is 0.573. The zero-order valence-corrected chi connectivity index (χ0v) is 17.9. The van der Waals surface area contributed by atoms with Gasteiger partial charge < -0.3 is 10.1 Å². The smallest absolute Gasteiger partial charge is 0.406 e. The predicted molar refractivity (Wildman–Crippen MR) is 113 cm³/mol. The molecule has 1 aliphatic carbocycles. The lowest BCUT2D eigenvalue weighted by atomic mass is 9.92. The summed E-state index contributed by atoms with van der Waals surface area (Å²) in [5, 5.41) is 7.91. The Kier molecular flexibility index (Phi) is 5.99. The van der Waals surface area contributed by atoms with Crippen molar-refractivity contribution in [1.82, 2.24) is 19.3 Å². The molecule has 2 N–H and O–H groups in total.